The molecule has 1 aliphatic heterocycles. The molecule has 0 aliphatic carbocycles. The van der Waals surface area contributed by atoms with Crippen molar-refractivity contribution in [3.05, 3.63) is 34.1 Å². The molecule has 1 fully saturated rings. The van der Waals surface area contributed by atoms with Gasteiger partial charge in [-0.2, -0.15) is 0 Å². The van der Waals surface area contributed by atoms with E-state index in [1.54, 1.807) is 0 Å². The lowest BCUT2D eigenvalue weighted by Gasteiger charge is -2.34. The average Bonchev–Trinajstić information content (AvgIpc) is 2.36. The van der Waals surface area contributed by atoms with E-state index in [4.69, 9.17) is 4.74 Å². The van der Waals surface area contributed by atoms with Crippen LogP contribution in [-0.4, -0.2) is 18.7 Å². The SMILES string of the molecule is CC(C)(C)NCC1CCCOC1c1ccc(Br)cc1F. The second kappa shape index (κ2) is 6.54. The van der Waals surface area contributed by atoms with Crippen molar-refractivity contribution < 1.29 is 9.13 Å². The number of halogens is 2. The van der Waals surface area contributed by atoms with Gasteiger partial charge in [0.15, 0.2) is 0 Å². The molecule has 0 saturated carbocycles. The van der Waals surface area contributed by atoms with Crippen LogP contribution in [-0.2, 0) is 4.74 Å². The van der Waals surface area contributed by atoms with Gasteiger partial charge in [-0.15, -0.1) is 0 Å². The quantitative estimate of drug-likeness (QED) is 0.875. The normalized spacial score (nSPS) is 23.9. The van der Waals surface area contributed by atoms with Crippen LogP contribution in [0.5, 0.6) is 0 Å². The molecule has 1 N–H and O–H groups in total. The van der Waals surface area contributed by atoms with Crippen molar-refractivity contribution in [3.63, 3.8) is 0 Å². The third-order valence-electron chi connectivity index (χ3n) is 3.61. The van der Waals surface area contributed by atoms with Crippen LogP contribution in [0.3, 0.4) is 0 Å². The Kier molecular flexibility index (Phi) is 5.21. The lowest BCUT2D eigenvalue weighted by atomic mass is 9.88. The average molecular weight is 344 g/mol. The summed E-state index contributed by atoms with van der Waals surface area (Å²) in [5.41, 5.74) is 0.744. The molecule has 2 rings (SSSR count). The molecule has 2 atom stereocenters. The number of rotatable bonds is 3. The highest BCUT2D eigenvalue weighted by Gasteiger charge is 2.30. The maximum Gasteiger partial charge on any atom is 0.130 e. The van der Waals surface area contributed by atoms with Crippen LogP contribution in [0.2, 0.25) is 0 Å². The summed E-state index contributed by atoms with van der Waals surface area (Å²) >= 11 is 3.30. The summed E-state index contributed by atoms with van der Waals surface area (Å²) in [6.45, 7) is 8.00. The highest BCUT2D eigenvalue weighted by atomic mass is 79.9. The maximum absolute atomic E-state index is 14.2. The third kappa shape index (κ3) is 4.27. The Morgan fingerprint density at radius 1 is 1.40 bits per heavy atom. The van der Waals surface area contributed by atoms with Crippen molar-refractivity contribution >= 4 is 15.9 Å². The zero-order valence-electron chi connectivity index (χ0n) is 12.4. The zero-order valence-corrected chi connectivity index (χ0v) is 14.0. The molecule has 1 aromatic rings. The molecule has 20 heavy (non-hydrogen) atoms. The predicted octanol–water partition coefficient (Wildman–Crippen LogP) is 4.44. The first-order chi connectivity index (χ1) is 9.37. The molecular formula is C16H23BrFNO. The topological polar surface area (TPSA) is 21.3 Å². The molecule has 2 nitrogen and oxygen atoms in total. The van der Waals surface area contributed by atoms with Gasteiger partial charge < -0.3 is 10.1 Å². The highest BCUT2D eigenvalue weighted by Crippen LogP contribution is 2.35. The van der Waals surface area contributed by atoms with Gasteiger partial charge in [0.2, 0.25) is 0 Å². The van der Waals surface area contributed by atoms with Crippen molar-refractivity contribution in [1.29, 1.82) is 0 Å². The highest BCUT2D eigenvalue weighted by molar-refractivity contribution is 9.10. The van der Waals surface area contributed by atoms with E-state index in [0.717, 1.165) is 23.9 Å². The van der Waals surface area contributed by atoms with Gasteiger partial charge in [-0.25, -0.2) is 4.39 Å². The molecule has 1 aromatic carbocycles. The van der Waals surface area contributed by atoms with E-state index in [0.29, 0.717) is 18.1 Å². The van der Waals surface area contributed by atoms with Gasteiger partial charge in [0, 0.05) is 34.6 Å². The van der Waals surface area contributed by atoms with Crippen LogP contribution < -0.4 is 5.32 Å². The Hall–Kier alpha value is -0.450. The maximum atomic E-state index is 14.2. The largest absolute Gasteiger partial charge is 0.373 e. The van der Waals surface area contributed by atoms with Gasteiger partial charge in [0.1, 0.15) is 5.82 Å². The molecule has 2 unspecified atom stereocenters. The van der Waals surface area contributed by atoms with E-state index in [-0.39, 0.29) is 17.5 Å². The van der Waals surface area contributed by atoms with Crippen molar-refractivity contribution in [2.75, 3.05) is 13.2 Å². The van der Waals surface area contributed by atoms with Gasteiger partial charge in [-0.1, -0.05) is 22.0 Å². The minimum absolute atomic E-state index is 0.0697. The van der Waals surface area contributed by atoms with Crippen LogP contribution in [0.4, 0.5) is 4.39 Å². The van der Waals surface area contributed by atoms with Gasteiger partial charge in [0.05, 0.1) is 6.10 Å². The van der Waals surface area contributed by atoms with Crippen LogP contribution in [0.1, 0.15) is 45.3 Å². The minimum Gasteiger partial charge on any atom is -0.373 e. The Morgan fingerprint density at radius 3 is 2.80 bits per heavy atom. The van der Waals surface area contributed by atoms with Crippen LogP contribution in [0, 0.1) is 11.7 Å². The Labute approximate surface area is 129 Å². The van der Waals surface area contributed by atoms with E-state index < -0.39 is 0 Å². The fraction of sp³-hybridized carbons (Fsp3) is 0.625. The van der Waals surface area contributed by atoms with Gasteiger partial charge >= 0.3 is 0 Å². The fourth-order valence-corrected chi connectivity index (χ4v) is 2.90. The second-order valence-corrected chi connectivity index (χ2v) is 7.41. The third-order valence-corrected chi connectivity index (χ3v) is 4.10. The van der Waals surface area contributed by atoms with Crippen molar-refractivity contribution in [1.82, 2.24) is 5.32 Å². The Balaban J connectivity index is 2.14. The lowest BCUT2D eigenvalue weighted by Crippen LogP contribution is -2.41. The monoisotopic (exact) mass is 343 g/mol. The number of benzene rings is 1. The molecule has 1 saturated heterocycles. The van der Waals surface area contributed by atoms with Gasteiger partial charge in [0.25, 0.3) is 0 Å². The summed E-state index contributed by atoms with van der Waals surface area (Å²) in [5.74, 6) is 0.130. The van der Waals surface area contributed by atoms with Gasteiger partial charge in [-0.3, -0.25) is 0 Å². The summed E-state index contributed by atoms with van der Waals surface area (Å²) in [6, 6.07) is 5.23. The van der Waals surface area contributed by atoms with Crippen LogP contribution in [0.25, 0.3) is 0 Å². The van der Waals surface area contributed by atoms with E-state index in [9.17, 15) is 4.39 Å². The van der Waals surface area contributed by atoms with Crippen molar-refractivity contribution in [3.8, 4) is 0 Å². The Morgan fingerprint density at radius 2 is 2.15 bits per heavy atom. The predicted molar refractivity (Wildman–Crippen MR) is 83.3 cm³/mol. The van der Waals surface area contributed by atoms with Crippen LogP contribution in [0.15, 0.2) is 22.7 Å². The minimum atomic E-state index is -0.188. The molecule has 112 valence electrons. The Bertz CT molecular complexity index is 458. The molecule has 0 spiro atoms. The summed E-state index contributed by atoms with van der Waals surface area (Å²) < 4.78 is 20.8. The molecule has 0 radical (unpaired) electrons. The van der Waals surface area contributed by atoms with Crippen molar-refractivity contribution in [2.24, 2.45) is 5.92 Å². The summed E-state index contributed by atoms with van der Waals surface area (Å²) in [5, 5.41) is 3.51. The lowest BCUT2D eigenvalue weighted by molar-refractivity contribution is -0.0311. The number of hydrogen-bond donors (Lipinski definition) is 1. The summed E-state index contributed by atoms with van der Waals surface area (Å²) in [7, 11) is 0. The van der Waals surface area contributed by atoms with Gasteiger partial charge in [-0.05, 0) is 45.7 Å². The summed E-state index contributed by atoms with van der Waals surface area (Å²) in [6.07, 6.45) is 1.97. The molecular weight excluding hydrogens is 321 g/mol. The molecule has 1 heterocycles. The zero-order chi connectivity index (χ0) is 14.8. The van der Waals surface area contributed by atoms with Crippen LogP contribution >= 0.6 is 15.9 Å². The first kappa shape index (κ1) is 15.9. The number of ether oxygens (including phenoxy) is 1. The van der Waals surface area contributed by atoms with E-state index in [1.165, 1.54) is 6.07 Å². The fourth-order valence-electron chi connectivity index (χ4n) is 2.57. The molecule has 1 aliphatic rings. The molecule has 0 aromatic heterocycles. The number of hydrogen-bond acceptors (Lipinski definition) is 2. The second-order valence-electron chi connectivity index (χ2n) is 6.49. The summed E-state index contributed by atoms with van der Waals surface area (Å²) in [4.78, 5) is 0. The first-order valence-corrected chi connectivity index (χ1v) is 7.98. The first-order valence-electron chi connectivity index (χ1n) is 7.18. The van der Waals surface area contributed by atoms with E-state index >= 15 is 0 Å². The molecule has 0 bridgehead atoms. The number of nitrogens with one attached hydrogen (secondary N) is 1. The molecule has 4 heteroatoms. The standard InChI is InChI=1S/C16H23BrFNO/c1-16(2,3)19-10-11-5-4-8-20-15(11)13-7-6-12(17)9-14(13)18/h6-7,9,11,15,19H,4-5,8,10H2,1-3H3. The molecule has 0 amide bonds. The van der Waals surface area contributed by atoms with Crippen molar-refractivity contribution in [2.45, 2.75) is 45.3 Å². The van der Waals surface area contributed by atoms with E-state index in [1.807, 2.05) is 12.1 Å². The van der Waals surface area contributed by atoms with E-state index in [2.05, 4.69) is 42.0 Å². The smallest absolute Gasteiger partial charge is 0.130 e.